The summed E-state index contributed by atoms with van der Waals surface area (Å²) in [5.74, 6) is 2.24. The Kier molecular flexibility index (Phi) is 5.88. The Morgan fingerprint density at radius 3 is 2.57 bits per heavy atom. The summed E-state index contributed by atoms with van der Waals surface area (Å²) in [5, 5.41) is 3.75. The number of rotatable bonds is 9. The third-order valence-corrected chi connectivity index (χ3v) is 5.12. The van der Waals surface area contributed by atoms with Gasteiger partial charge in [-0.1, -0.05) is 42.5 Å². The maximum atomic E-state index is 6.01. The number of nitrogens with zero attached hydrogens (tertiary/aromatic N) is 1. The molecule has 0 spiro atoms. The Labute approximate surface area is 166 Å². The standard InChI is InChI=1S/C24H26N2O2/c1-27-22-12-9-18(14-23(22)28-17-19-6-5-13-25-15-19)16-26-24(21-10-11-21)20-7-3-2-4-8-20/h2-9,12-15,21,24,26H,10-11,16-17H2,1H3. The normalized spacial score (nSPS) is 14.5. The third-order valence-electron chi connectivity index (χ3n) is 5.12. The van der Waals surface area contributed by atoms with Crippen molar-refractivity contribution in [1.29, 1.82) is 0 Å². The monoisotopic (exact) mass is 374 g/mol. The van der Waals surface area contributed by atoms with E-state index in [0.717, 1.165) is 29.5 Å². The van der Waals surface area contributed by atoms with Crippen LogP contribution in [-0.2, 0) is 13.2 Å². The molecule has 4 nitrogen and oxygen atoms in total. The number of pyridine rings is 1. The van der Waals surface area contributed by atoms with Crippen LogP contribution >= 0.6 is 0 Å². The summed E-state index contributed by atoms with van der Waals surface area (Å²) in [7, 11) is 1.67. The van der Waals surface area contributed by atoms with Crippen molar-refractivity contribution in [3.63, 3.8) is 0 Å². The molecule has 2 aromatic carbocycles. The second-order valence-electron chi connectivity index (χ2n) is 7.24. The second-order valence-corrected chi connectivity index (χ2v) is 7.24. The lowest BCUT2D eigenvalue weighted by molar-refractivity contribution is 0.283. The van der Waals surface area contributed by atoms with Gasteiger partial charge in [-0.05, 0) is 48.1 Å². The predicted molar refractivity (Wildman–Crippen MR) is 110 cm³/mol. The fourth-order valence-corrected chi connectivity index (χ4v) is 3.46. The minimum atomic E-state index is 0.406. The SMILES string of the molecule is COc1ccc(CNC(c2ccccc2)C2CC2)cc1OCc1cccnc1. The van der Waals surface area contributed by atoms with Gasteiger partial charge in [0.1, 0.15) is 6.61 Å². The van der Waals surface area contributed by atoms with Crippen molar-refractivity contribution in [3.05, 3.63) is 89.7 Å². The van der Waals surface area contributed by atoms with E-state index in [1.807, 2.05) is 24.4 Å². The zero-order chi connectivity index (χ0) is 19.2. The summed E-state index contributed by atoms with van der Waals surface area (Å²) in [6.45, 7) is 1.26. The number of aromatic nitrogens is 1. The summed E-state index contributed by atoms with van der Waals surface area (Å²) >= 11 is 0. The van der Waals surface area contributed by atoms with E-state index < -0.39 is 0 Å². The number of hydrogen-bond donors (Lipinski definition) is 1. The van der Waals surface area contributed by atoms with Gasteiger partial charge in [0.25, 0.3) is 0 Å². The maximum absolute atomic E-state index is 6.01. The van der Waals surface area contributed by atoms with E-state index in [9.17, 15) is 0 Å². The topological polar surface area (TPSA) is 43.4 Å². The molecule has 1 fully saturated rings. The van der Waals surface area contributed by atoms with E-state index in [2.05, 4.69) is 52.8 Å². The Hall–Kier alpha value is -2.85. The van der Waals surface area contributed by atoms with Crippen LogP contribution < -0.4 is 14.8 Å². The van der Waals surface area contributed by atoms with Crippen LogP contribution in [0.15, 0.2) is 73.1 Å². The Bertz CT molecular complexity index is 880. The summed E-state index contributed by atoms with van der Waals surface area (Å²) in [4.78, 5) is 4.14. The largest absolute Gasteiger partial charge is 0.493 e. The van der Waals surface area contributed by atoms with Crippen molar-refractivity contribution in [2.24, 2.45) is 5.92 Å². The fraction of sp³-hybridized carbons (Fsp3) is 0.292. The highest BCUT2D eigenvalue weighted by atomic mass is 16.5. The van der Waals surface area contributed by atoms with Gasteiger partial charge in [0.2, 0.25) is 0 Å². The number of methoxy groups -OCH3 is 1. The van der Waals surface area contributed by atoms with Crippen LogP contribution in [0.25, 0.3) is 0 Å². The molecule has 0 aliphatic heterocycles. The van der Waals surface area contributed by atoms with Crippen LogP contribution in [0.3, 0.4) is 0 Å². The molecule has 1 aliphatic rings. The van der Waals surface area contributed by atoms with Gasteiger partial charge in [-0.2, -0.15) is 0 Å². The van der Waals surface area contributed by atoms with E-state index >= 15 is 0 Å². The van der Waals surface area contributed by atoms with E-state index in [1.165, 1.54) is 24.0 Å². The van der Waals surface area contributed by atoms with Crippen molar-refractivity contribution in [2.45, 2.75) is 32.0 Å². The average molecular weight is 374 g/mol. The highest BCUT2D eigenvalue weighted by molar-refractivity contribution is 5.43. The summed E-state index contributed by atoms with van der Waals surface area (Å²) in [6.07, 6.45) is 6.18. The average Bonchev–Trinajstić information content (AvgIpc) is 3.59. The van der Waals surface area contributed by atoms with Gasteiger partial charge in [0.15, 0.2) is 11.5 Å². The lowest BCUT2D eigenvalue weighted by Crippen LogP contribution is -2.22. The zero-order valence-electron chi connectivity index (χ0n) is 16.2. The van der Waals surface area contributed by atoms with Crippen molar-refractivity contribution in [3.8, 4) is 11.5 Å². The number of ether oxygens (including phenoxy) is 2. The highest BCUT2D eigenvalue weighted by Crippen LogP contribution is 2.41. The molecule has 4 heteroatoms. The predicted octanol–water partition coefficient (Wildman–Crippen LogP) is 4.91. The molecule has 0 saturated heterocycles. The number of hydrogen-bond acceptors (Lipinski definition) is 4. The van der Waals surface area contributed by atoms with E-state index in [-0.39, 0.29) is 0 Å². The fourth-order valence-electron chi connectivity index (χ4n) is 3.46. The summed E-state index contributed by atoms with van der Waals surface area (Å²) < 4.78 is 11.5. The van der Waals surface area contributed by atoms with Crippen LogP contribution in [0.5, 0.6) is 11.5 Å². The van der Waals surface area contributed by atoms with Crippen molar-refractivity contribution in [2.75, 3.05) is 7.11 Å². The van der Waals surface area contributed by atoms with E-state index in [0.29, 0.717) is 12.6 Å². The third kappa shape index (κ3) is 4.70. The molecule has 1 unspecified atom stereocenters. The molecule has 144 valence electrons. The molecular weight excluding hydrogens is 348 g/mol. The number of benzene rings is 2. The van der Waals surface area contributed by atoms with Gasteiger partial charge in [0.05, 0.1) is 7.11 Å². The number of nitrogens with one attached hydrogen (secondary N) is 1. The van der Waals surface area contributed by atoms with Crippen molar-refractivity contribution >= 4 is 0 Å². The Morgan fingerprint density at radius 2 is 1.86 bits per heavy atom. The van der Waals surface area contributed by atoms with Crippen LogP contribution in [0, 0.1) is 5.92 Å². The minimum absolute atomic E-state index is 0.406. The molecule has 0 bridgehead atoms. The minimum Gasteiger partial charge on any atom is -0.493 e. The molecule has 0 radical (unpaired) electrons. The molecule has 1 aliphatic carbocycles. The van der Waals surface area contributed by atoms with Crippen LogP contribution in [-0.4, -0.2) is 12.1 Å². The molecule has 3 aromatic rings. The van der Waals surface area contributed by atoms with Crippen molar-refractivity contribution < 1.29 is 9.47 Å². The van der Waals surface area contributed by atoms with Crippen LogP contribution in [0.1, 0.15) is 35.6 Å². The Balaban J connectivity index is 1.44. The van der Waals surface area contributed by atoms with Crippen LogP contribution in [0.4, 0.5) is 0 Å². The molecule has 1 aromatic heterocycles. The first-order chi connectivity index (χ1) is 13.8. The van der Waals surface area contributed by atoms with Gasteiger partial charge in [0, 0.05) is 30.5 Å². The quantitative estimate of drug-likeness (QED) is 0.578. The summed E-state index contributed by atoms with van der Waals surface area (Å²) in [5.41, 5.74) is 3.58. The maximum Gasteiger partial charge on any atom is 0.161 e. The smallest absolute Gasteiger partial charge is 0.161 e. The highest BCUT2D eigenvalue weighted by Gasteiger charge is 2.31. The van der Waals surface area contributed by atoms with Crippen LogP contribution in [0.2, 0.25) is 0 Å². The first-order valence-electron chi connectivity index (χ1n) is 9.80. The molecule has 0 amide bonds. The van der Waals surface area contributed by atoms with E-state index in [4.69, 9.17) is 9.47 Å². The summed E-state index contributed by atoms with van der Waals surface area (Å²) in [6, 6.07) is 21.2. The molecule has 1 atom stereocenters. The molecule has 1 saturated carbocycles. The van der Waals surface area contributed by atoms with Gasteiger partial charge < -0.3 is 14.8 Å². The lowest BCUT2D eigenvalue weighted by Gasteiger charge is -2.19. The van der Waals surface area contributed by atoms with Gasteiger partial charge in [-0.3, -0.25) is 4.98 Å². The molecular formula is C24H26N2O2. The van der Waals surface area contributed by atoms with Crippen molar-refractivity contribution in [1.82, 2.24) is 10.3 Å². The molecule has 4 rings (SSSR count). The Morgan fingerprint density at radius 1 is 1.00 bits per heavy atom. The van der Waals surface area contributed by atoms with E-state index in [1.54, 1.807) is 13.3 Å². The van der Waals surface area contributed by atoms with Gasteiger partial charge in [-0.25, -0.2) is 0 Å². The van der Waals surface area contributed by atoms with Gasteiger partial charge >= 0.3 is 0 Å². The molecule has 1 heterocycles. The first-order valence-corrected chi connectivity index (χ1v) is 9.80. The zero-order valence-corrected chi connectivity index (χ0v) is 16.2. The first kappa shape index (κ1) is 18.5. The molecule has 28 heavy (non-hydrogen) atoms. The van der Waals surface area contributed by atoms with Gasteiger partial charge in [-0.15, -0.1) is 0 Å². The second kappa shape index (κ2) is 8.89. The molecule has 1 N–H and O–H groups in total. The lowest BCUT2D eigenvalue weighted by atomic mass is 10.0.